The fourth-order valence-electron chi connectivity index (χ4n) is 14.9. The van der Waals surface area contributed by atoms with E-state index in [0.29, 0.717) is 13.2 Å². The maximum Gasteiger partial charge on any atom is 0.333 e. The second-order valence-electron chi connectivity index (χ2n) is 35.1. The summed E-state index contributed by atoms with van der Waals surface area (Å²) in [7, 11) is -4.54. The smallest absolute Gasteiger partial charge is 0.333 e. The molecule has 0 aliphatic rings. The SMILES string of the molecule is CCCCCCCCOC(CCCCCN(CCCCO)CCCCCCOC(=O)C(CCCCCCCC)SCCCCC)O[Si](C)(C)OCCCCCCCC.CCCCCCCCOC(CCCCCN(CCCCO)CCCCCCOC(=O)C(CCCCCCCC)SCCCCC)O[Si](C)(C)OCCCCCCCC. The molecular formula is C98H202N2O12S2Si2. The van der Waals surface area contributed by atoms with Crippen LogP contribution in [0.2, 0.25) is 26.2 Å². The van der Waals surface area contributed by atoms with Crippen LogP contribution >= 0.6 is 23.5 Å². The molecule has 0 spiro atoms. The molecule has 0 aromatic rings. The largest absolute Gasteiger partial charge is 0.465 e. The van der Waals surface area contributed by atoms with Crippen molar-refractivity contribution in [3.63, 3.8) is 0 Å². The zero-order chi connectivity index (χ0) is 85.3. The van der Waals surface area contributed by atoms with E-state index in [1.54, 1.807) is 0 Å². The number of thioether (sulfide) groups is 2. The lowest BCUT2D eigenvalue weighted by atomic mass is 10.1. The van der Waals surface area contributed by atoms with E-state index in [2.05, 4.69) is 91.4 Å². The van der Waals surface area contributed by atoms with Crippen LogP contribution in [-0.2, 0) is 46.2 Å². The van der Waals surface area contributed by atoms with Crippen LogP contribution in [-0.4, -0.2) is 176 Å². The van der Waals surface area contributed by atoms with Gasteiger partial charge < -0.3 is 56.7 Å². The summed E-state index contributed by atoms with van der Waals surface area (Å²) in [5, 5.41) is 18.8. The Morgan fingerprint density at radius 2 is 0.491 bits per heavy atom. The molecule has 0 aliphatic heterocycles. The highest BCUT2D eigenvalue weighted by atomic mass is 32.2. The number of hydrogen-bond acceptors (Lipinski definition) is 16. The van der Waals surface area contributed by atoms with Gasteiger partial charge in [-0.25, -0.2) is 0 Å². The molecule has 696 valence electrons. The molecule has 18 heteroatoms. The lowest BCUT2D eigenvalue weighted by molar-refractivity contribution is -0.144. The second-order valence-corrected chi connectivity index (χ2v) is 44.3. The van der Waals surface area contributed by atoms with Gasteiger partial charge in [0, 0.05) is 39.6 Å². The van der Waals surface area contributed by atoms with Crippen molar-refractivity contribution < 1.29 is 56.5 Å². The van der Waals surface area contributed by atoms with Crippen LogP contribution in [0.25, 0.3) is 0 Å². The normalized spacial score (nSPS) is 13.1. The molecule has 116 heavy (non-hydrogen) atoms. The van der Waals surface area contributed by atoms with Crippen LogP contribution in [0.5, 0.6) is 0 Å². The molecule has 2 N–H and O–H groups in total. The maximum absolute atomic E-state index is 13.0. The standard InChI is InChI=1S/2C49H101NO6SSi/c2*1-7-11-15-18-21-27-37-47(57-46-36-14-10-4)49(52)54-44-34-25-22-29-39-50(41-31-32-42-51)40-30-26-28-38-48(53-43-33-23-19-16-12-8-2)56-58(5,6)55-45-35-24-20-17-13-9-3/h2*47-48,51H,7-46H2,1-6H3. The Balaban J connectivity index is 0. The van der Waals surface area contributed by atoms with Gasteiger partial charge in [0.15, 0.2) is 0 Å². The molecule has 4 unspecified atom stereocenters. The highest BCUT2D eigenvalue weighted by Crippen LogP contribution is 2.27. The third-order valence-electron chi connectivity index (χ3n) is 22.4. The lowest BCUT2D eigenvalue weighted by Crippen LogP contribution is -2.40. The number of ether oxygens (including phenoxy) is 4. The van der Waals surface area contributed by atoms with Gasteiger partial charge in [-0.15, -0.1) is 23.5 Å². The van der Waals surface area contributed by atoms with Gasteiger partial charge in [0.05, 0.1) is 13.2 Å². The number of esters is 2. The van der Waals surface area contributed by atoms with Crippen molar-refractivity contribution in [2.75, 3.05) is 104 Å². The topological polar surface area (TPSA) is 155 Å². The first-order chi connectivity index (χ1) is 56.7. The van der Waals surface area contributed by atoms with Crippen molar-refractivity contribution >= 4 is 52.6 Å². The number of aliphatic hydroxyl groups excluding tert-OH is 2. The summed E-state index contributed by atoms with van der Waals surface area (Å²) >= 11 is 3.67. The van der Waals surface area contributed by atoms with E-state index in [1.807, 2.05) is 23.5 Å². The van der Waals surface area contributed by atoms with Gasteiger partial charge >= 0.3 is 29.1 Å². The van der Waals surface area contributed by atoms with Gasteiger partial charge in [-0.05, 0) is 218 Å². The molecule has 0 saturated heterocycles. The fraction of sp³-hybridized carbons (Fsp3) is 0.980. The number of aliphatic hydroxyl groups is 2. The fourth-order valence-corrected chi connectivity index (χ4v) is 20.3. The van der Waals surface area contributed by atoms with E-state index >= 15 is 0 Å². The summed E-state index contributed by atoms with van der Waals surface area (Å²) in [4.78, 5) is 31.2. The minimum absolute atomic E-state index is 0.00832. The van der Waals surface area contributed by atoms with E-state index < -0.39 is 17.1 Å². The highest BCUT2D eigenvalue weighted by molar-refractivity contribution is 8.00. The first-order valence-electron chi connectivity index (χ1n) is 50.8. The number of carbonyl (C=O) groups is 2. The van der Waals surface area contributed by atoms with Gasteiger partial charge in [-0.3, -0.25) is 9.59 Å². The van der Waals surface area contributed by atoms with E-state index in [9.17, 15) is 19.8 Å². The number of carbonyl (C=O) groups excluding carboxylic acids is 2. The third kappa shape index (κ3) is 85.8. The average Bonchev–Trinajstić information content (AvgIpc) is 0.911. The molecule has 14 nitrogen and oxygen atoms in total. The minimum atomic E-state index is -2.27. The summed E-state index contributed by atoms with van der Waals surface area (Å²) in [5.41, 5.74) is 0. The second kappa shape index (κ2) is 93.8. The Labute approximate surface area is 733 Å². The van der Waals surface area contributed by atoms with E-state index in [1.165, 1.54) is 270 Å². The van der Waals surface area contributed by atoms with E-state index in [0.717, 1.165) is 218 Å². The van der Waals surface area contributed by atoms with Gasteiger partial charge in [-0.1, -0.05) is 325 Å². The van der Waals surface area contributed by atoms with Gasteiger partial charge in [0.2, 0.25) is 0 Å². The van der Waals surface area contributed by atoms with Crippen LogP contribution in [0.4, 0.5) is 0 Å². The van der Waals surface area contributed by atoms with Crippen LogP contribution in [0.15, 0.2) is 0 Å². The quantitative estimate of drug-likeness (QED) is 0.0257. The summed E-state index contributed by atoms with van der Waals surface area (Å²) in [6.07, 6.45) is 75.8. The van der Waals surface area contributed by atoms with Crippen LogP contribution in [0.3, 0.4) is 0 Å². The summed E-state index contributed by atoms with van der Waals surface area (Å²) < 4.78 is 50.4. The molecule has 0 aliphatic carbocycles. The first kappa shape index (κ1) is 118. The number of nitrogens with zero attached hydrogens (tertiary/aromatic N) is 2. The zero-order valence-corrected chi connectivity index (χ0v) is 83.2. The molecule has 0 aromatic heterocycles. The molecular weight excluding hydrogens is 1520 g/mol. The Morgan fingerprint density at radius 3 is 0.784 bits per heavy atom. The first-order valence-corrected chi connectivity index (χ1v) is 58.5. The van der Waals surface area contributed by atoms with Gasteiger partial charge in [0.25, 0.3) is 0 Å². The van der Waals surface area contributed by atoms with Crippen molar-refractivity contribution in [1.82, 2.24) is 9.80 Å². The molecule has 0 fully saturated rings. The predicted molar refractivity (Wildman–Crippen MR) is 511 cm³/mol. The highest BCUT2D eigenvalue weighted by Gasteiger charge is 2.31. The molecule has 0 rings (SSSR count). The van der Waals surface area contributed by atoms with Crippen molar-refractivity contribution in [3.05, 3.63) is 0 Å². The Hall–Kier alpha value is -0.326. The molecule has 0 saturated carbocycles. The molecule has 0 amide bonds. The molecule has 0 heterocycles. The number of unbranched alkanes of at least 4 members (excludes halogenated alkanes) is 46. The average molecular weight is 1720 g/mol. The van der Waals surface area contributed by atoms with Crippen LogP contribution < -0.4 is 0 Å². The van der Waals surface area contributed by atoms with Crippen molar-refractivity contribution in [2.24, 2.45) is 0 Å². The Kier molecular flexibility index (Phi) is 95.2. The summed E-state index contributed by atoms with van der Waals surface area (Å²) in [6, 6.07) is 0. The van der Waals surface area contributed by atoms with Gasteiger partial charge in [-0.2, -0.15) is 0 Å². The van der Waals surface area contributed by atoms with Crippen molar-refractivity contribution in [1.29, 1.82) is 0 Å². The maximum atomic E-state index is 13.0. The summed E-state index contributed by atoms with van der Waals surface area (Å²) in [5.74, 6) is 2.18. The van der Waals surface area contributed by atoms with Crippen LogP contribution in [0, 0.1) is 0 Å². The van der Waals surface area contributed by atoms with Crippen molar-refractivity contribution in [3.8, 4) is 0 Å². The van der Waals surface area contributed by atoms with E-state index in [4.69, 9.17) is 36.7 Å². The van der Waals surface area contributed by atoms with Crippen molar-refractivity contribution in [2.45, 2.75) is 516 Å². The predicted octanol–water partition coefficient (Wildman–Crippen LogP) is 29.1. The molecule has 0 radical (unpaired) electrons. The minimum Gasteiger partial charge on any atom is -0.465 e. The van der Waals surface area contributed by atoms with E-state index in [-0.39, 0.29) is 48.2 Å². The lowest BCUT2D eigenvalue weighted by Gasteiger charge is -2.29. The molecule has 0 bridgehead atoms. The third-order valence-corrected chi connectivity index (χ3v) is 28.6. The molecule has 4 atom stereocenters. The molecule has 0 aromatic carbocycles. The Bertz CT molecular complexity index is 1810. The number of rotatable bonds is 96. The monoisotopic (exact) mass is 1720 g/mol. The summed E-state index contributed by atoms with van der Waals surface area (Å²) in [6.45, 7) is 38.1. The van der Waals surface area contributed by atoms with Gasteiger partial charge in [0.1, 0.15) is 23.1 Å². The van der Waals surface area contributed by atoms with Crippen LogP contribution in [0.1, 0.15) is 466 Å². The Morgan fingerprint density at radius 1 is 0.267 bits per heavy atom. The number of hydrogen-bond donors (Lipinski definition) is 2. The zero-order valence-electron chi connectivity index (χ0n) is 79.6.